The van der Waals surface area contributed by atoms with E-state index in [9.17, 15) is 9.59 Å². The zero-order valence-electron chi connectivity index (χ0n) is 23.6. The fourth-order valence-electron chi connectivity index (χ4n) is 5.77. The predicted octanol–water partition coefficient (Wildman–Crippen LogP) is 5.42. The molecule has 1 aliphatic carbocycles. The maximum atomic E-state index is 12.4. The molecule has 3 fully saturated rings. The number of carbonyl (C=O) groups is 2. The summed E-state index contributed by atoms with van der Waals surface area (Å²) in [6, 6.07) is 3.69. The number of rotatable bonds is 9. The highest BCUT2D eigenvalue weighted by Crippen LogP contribution is 2.46. The van der Waals surface area contributed by atoms with Crippen molar-refractivity contribution in [1.82, 2.24) is 9.88 Å². The first-order chi connectivity index (χ1) is 18.0. The lowest BCUT2D eigenvalue weighted by molar-refractivity contribution is -0.117. The van der Waals surface area contributed by atoms with Gasteiger partial charge < -0.3 is 24.1 Å². The van der Waals surface area contributed by atoms with Crippen molar-refractivity contribution in [1.29, 1.82) is 0 Å². The molecule has 0 unspecified atom stereocenters. The van der Waals surface area contributed by atoms with Crippen molar-refractivity contribution in [2.24, 2.45) is 13.0 Å². The third-order valence-electron chi connectivity index (χ3n) is 7.85. The van der Waals surface area contributed by atoms with Gasteiger partial charge in [0.15, 0.2) is 0 Å². The van der Waals surface area contributed by atoms with E-state index in [4.69, 9.17) is 14.2 Å². The highest BCUT2D eigenvalue weighted by molar-refractivity contribution is 5.89. The van der Waals surface area contributed by atoms with Gasteiger partial charge in [-0.1, -0.05) is 23.8 Å². The molecule has 3 aliphatic rings. The minimum Gasteiger partial charge on any atom is -0.454 e. The van der Waals surface area contributed by atoms with E-state index in [2.05, 4.69) is 44.3 Å². The summed E-state index contributed by atoms with van der Waals surface area (Å²) in [4.78, 5) is 24.6. The van der Waals surface area contributed by atoms with Crippen molar-refractivity contribution in [2.45, 2.75) is 102 Å². The summed E-state index contributed by atoms with van der Waals surface area (Å²) in [5.74, 6) is 0.107. The predicted molar refractivity (Wildman–Crippen MR) is 148 cm³/mol. The van der Waals surface area contributed by atoms with E-state index in [-0.39, 0.29) is 29.3 Å². The Morgan fingerprint density at radius 1 is 1.24 bits per heavy atom. The van der Waals surface area contributed by atoms with Crippen LogP contribution in [0.4, 0.5) is 0 Å². The molecule has 7 heteroatoms. The largest absolute Gasteiger partial charge is 0.454 e. The number of aromatic nitrogens is 1. The Morgan fingerprint density at radius 3 is 2.63 bits per heavy atom. The Morgan fingerprint density at radius 2 is 1.97 bits per heavy atom. The van der Waals surface area contributed by atoms with Gasteiger partial charge in [-0.2, -0.15) is 0 Å². The van der Waals surface area contributed by atoms with Gasteiger partial charge in [0.05, 0.1) is 23.9 Å². The van der Waals surface area contributed by atoms with Crippen LogP contribution in [0.1, 0.15) is 83.1 Å². The summed E-state index contributed by atoms with van der Waals surface area (Å²) in [5.41, 5.74) is 1.66. The SMILES string of the molecule is CC(/C=C/[C@@H]1C[C@]2(CO2)CC(C)(C)O1)=C\C[C@H]1CC[C@H](NC(=O)/C=C\[C@H](C)OC(=O)c2cccn2C)CC1. The van der Waals surface area contributed by atoms with Crippen molar-refractivity contribution < 1.29 is 23.8 Å². The van der Waals surface area contributed by atoms with Crippen LogP contribution in [0.3, 0.4) is 0 Å². The molecule has 1 aromatic heterocycles. The minimum absolute atomic E-state index is 0.0471. The summed E-state index contributed by atoms with van der Waals surface area (Å²) >= 11 is 0. The van der Waals surface area contributed by atoms with Gasteiger partial charge in [0, 0.05) is 38.2 Å². The van der Waals surface area contributed by atoms with E-state index in [1.807, 2.05) is 0 Å². The maximum Gasteiger partial charge on any atom is 0.355 e. The lowest BCUT2D eigenvalue weighted by atomic mass is 9.83. The average molecular weight is 525 g/mol. The topological polar surface area (TPSA) is 82.1 Å². The van der Waals surface area contributed by atoms with Crippen molar-refractivity contribution in [3.63, 3.8) is 0 Å². The monoisotopic (exact) mass is 524 g/mol. The van der Waals surface area contributed by atoms with Crippen molar-refractivity contribution in [3.8, 4) is 0 Å². The summed E-state index contributed by atoms with van der Waals surface area (Å²) in [6.45, 7) is 9.07. The van der Waals surface area contributed by atoms with Crippen LogP contribution in [0, 0.1) is 5.92 Å². The van der Waals surface area contributed by atoms with E-state index in [0.29, 0.717) is 11.6 Å². The van der Waals surface area contributed by atoms with Crippen molar-refractivity contribution >= 4 is 11.9 Å². The molecule has 1 spiro atoms. The van der Waals surface area contributed by atoms with Crippen LogP contribution in [-0.4, -0.2) is 52.5 Å². The number of allylic oxidation sites excluding steroid dienone is 3. The summed E-state index contributed by atoms with van der Waals surface area (Å²) in [7, 11) is 1.79. The lowest BCUT2D eigenvalue weighted by Crippen LogP contribution is -2.43. The molecule has 1 amide bonds. The number of nitrogens with one attached hydrogen (secondary N) is 1. The number of amides is 1. The third-order valence-corrected chi connectivity index (χ3v) is 7.85. The maximum absolute atomic E-state index is 12.4. The number of hydrogen-bond donors (Lipinski definition) is 1. The third kappa shape index (κ3) is 8.18. The summed E-state index contributed by atoms with van der Waals surface area (Å²) < 4.78 is 19.1. The molecule has 0 aromatic carbocycles. The van der Waals surface area contributed by atoms with Gasteiger partial charge in [-0.15, -0.1) is 0 Å². The molecule has 208 valence electrons. The van der Waals surface area contributed by atoms with Gasteiger partial charge in [-0.05, 0) is 83.9 Å². The molecule has 2 saturated heterocycles. The Labute approximate surface area is 227 Å². The molecule has 38 heavy (non-hydrogen) atoms. The molecule has 1 N–H and O–H groups in total. The molecule has 1 aromatic rings. The van der Waals surface area contributed by atoms with Crippen LogP contribution in [0.2, 0.25) is 0 Å². The summed E-state index contributed by atoms with van der Waals surface area (Å²) in [5, 5.41) is 3.10. The number of hydrogen-bond acceptors (Lipinski definition) is 5. The lowest BCUT2D eigenvalue weighted by Gasteiger charge is -2.38. The normalized spacial score (nSPS) is 30.0. The Hall–Kier alpha value is -2.64. The van der Waals surface area contributed by atoms with Crippen molar-refractivity contribution in [3.05, 3.63) is 60.0 Å². The molecule has 4 rings (SSSR count). The van der Waals surface area contributed by atoms with Gasteiger partial charge in [0.2, 0.25) is 5.91 Å². The second-order valence-electron chi connectivity index (χ2n) is 12.0. The number of carbonyl (C=O) groups excluding carboxylic acids is 2. The molecule has 3 atom stereocenters. The van der Waals surface area contributed by atoms with Crippen LogP contribution >= 0.6 is 0 Å². The van der Waals surface area contributed by atoms with Crippen LogP contribution in [-0.2, 0) is 26.1 Å². The second-order valence-corrected chi connectivity index (χ2v) is 12.0. The number of nitrogens with zero attached hydrogens (tertiary/aromatic N) is 1. The number of aryl methyl sites for hydroxylation is 1. The average Bonchev–Trinajstić information content (AvgIpc) is 3.43. The first kappa shape index (κ1) is 28.4. The number of esters is 1. The van der Waals surface area contributed by atoms with Crippen LogP contribution in [0.5, 0.6) is 0 Å². The van der Waals surface area contributed by atoms with E-state index < -0.39 is 12.1 Å². The summed E-state index contributed by atoms with van der Waals surface area (Å²) in [6.07, 6.45) is 18.4. The highest BCUT2D eigenvalue weighted by atomic mass is 16.6. The quantitative estimate of drug-likeness (QED) is 0.202. The van der Waals surface area contributed by atoms with Crippen LogP contribution in [0.25, 0.3) is 0 Å². The fraction of sp³-hybridized carbons (Fsp3) is 0.613. The van der Waals surface area contributed by atoms with Crippen LogP contribution in [0.15, 0.2) is 54.3 Å². The van der Waals surface area contributed by atoms with Gasteiger partial charge in [0.1, 0.15) is 11.8 Å². The fourth-order valence-corrected chi connectivity index (χ4v) is 5.77. The number of ether oxygens (including phenoxy) is 3. The zero-order valence-corrected chi connectivity index (χ0v) is 23.6. The Kier molecular flexibility index (Phi) is 8.99. The standard InChI is InChI=1S/C31H44N2O5/c1-22(9-16-26-19-31(21-36-31)20-30(3,4)38-26)8-11-24-12-14-25(15-13-24)32-28(34)17-10-23(2)37-29(35)27-7-6-18-33(27)5/h6-10,16-18,23-26H,11-15,19-21H2,1-5H3,(H,32,34)/b16-9+,17-10-,22-8+/t23-,24-,25-,26+,31+/m0/s1. The molecular weight excluding hydrogens is 480 g/mol. The van der Waals surface area contributed by atoms with Gasteiger partial charge in [-0.3, -0.25) is 4.79 Å². The van der Waals surface area contributed by atoms with Gasteiger partial charge >= 0.3 is 5.97 Å². The number of epoxide rings is 1. The molecular formula is C31H44N2O5. The van der Waals surface area contributed by atoms with E-state index in [0.717, 1.165) is 51.6 Å². The van der Waals surface area contributed by atoms with Crippen molar-refractivity contribution in [2.75, 3.05) is 6.61 Å². The van der Waals surface area contributed by atoms with Gasteiger partial charge in [0.25, 0.3) is 0 Å². The molecule has 0 radical (unpaired) electrons. The first-order valence-corrected chi connectivity index (χ1v) is 14.0. The molecule has 3 heterocycles. The zero-order chi connectivity index (χ0) is 27.3. The van der Waals surface area contributed by atoms with E-state index >= 15 is 0 Å². The smallest absolute Gasteiger partial charge is 0.355 e. The van der Waals surface area contributed by atoms with E-state index in [1.54, 1.807) is 42.9 Å². The van der Waals surface area contributed by atoms with Crippen LogP contribution < -0.4 is 5.32 Å². The van der Waals surface area contributed by atoms with Gasteiger partial charge in [-0.25, -0.2) is 4.79 Å². The molecule has 1 saturated carbocycles. The molecule has 7 nitrogen and oxygen atoms in total. The van der Waals surface area contributed by atoms with E-state index in [1.165, 1.54) is 11.6 Å². The highest BCUT2D eigenvalue weighted by Gasteiger charge is 2.53. The Bertz CT molecular complexity index is 1060. The minimum atomic E-state index is -0.484. The Balaban J connectivity index is 1.14. The first-order valence-electron chi connectivity index (χ1n) is 14.0. The second kappa shape index (κ2) is 12.0. The molecule has 0 bridgehead atoms. The molecule has 2 aliphatic heterocycles.